The zero-order valence-electron chi connectivity index (χ0n) is 14.4. The molecule has 0 aliphatic carbocycles. The normalized spacial score (nSPS) is 12.2. The van der Waals surface area contributed by atoms with Crippen LogP contribution in [-0.2, 0) is 9.84 Å². The van der Waals surface area contributed by atoms with E-state index in [2.05, 4.69) is 20.9 Å². The fourth-order valence-corrected chi connectivity index (χ4v) is 3.53. The predicted molar refractivity (Wildman–Crippen MR) is 109 cm³/mol. The molecule has 0 saturated carbocycles. The maximum Gasteiger partial charge on any atom is 0.178 e. The highest BCUT2D eigenvalue weighted by Crippen LogP contribution is 2.24. The monoisotopic (exact) mass is 446 g/mol. The minimum Gasteiger partial charge on any atom is -0.383 e. The Morgan fingerprint density at radius 1 is 0.963 bits per heavy atom. The van der Waals surface area contributed by atoms with Crippen molar-refractivity contribution >= 4 is 37.3 Å². The SMILES string of the molecule is CS(=O)(=O)c1ccc(N=C(N)c2ccc(-c3ccc(Br)cc3)cc2)cc1F. The van der Waals surface area contributed by atoms with Crippen LogP contribution in [0.1, 0.15) is 5.56 Å². The number of hydrogen-bond acceptors (Lipinski definition) is 3. The number of amidine groups is 1. The number of halogens is 2. The fraction of sp³-hybridized carbons (Fsp3) is 0.0500. The first-order chi connectivity index (χ1) is 12.7. The van der Waals surface area contributed by atoms with Gasteiger partial charge in [0.2, 0.25) is 0 Å². The lowest BCUT2D eigenvalue weighted by atomic mass is 10.0. The summed E-state index contributed by atoms with van der Waals surface area (Å²) < 4.78 is 37.9. The van der Waals surface area contributed by atoms with Crippen molar-refractivity contribution in [2.45, 2.75) is 4.90 Å². The Labute approximate surface area is 165 Å². The molecule has 138 valence electrons. The van der Waals surface area contributed by atoms with Gasteiger partial charge in [0.1, 0.15) is 16.5 Å². The van der Waals surface area contributed by atoms with Gasteiger partial charge in [-0.25, -0.2) is 17.8 Å². The highest BCUT2D eigenvalue weighted by Gasteiger charge is 2.13. The minimum atomic E-state index is -3.62. The molecule has 0 aliphatic heterocycles. The van der Waals surface area contributed by atoms with Gasteiger partial charge in [-0.1, -0.05) is 52.3 Å². The highest BCUT2D eigenvalue weighted by atomic mass is 79.9. The molecule has 0 atom stereocenters. The molecule has 0 saturated heterocycles. The number of nitrogens with zero attached hydrogens (tertiary/aromatic N) is 1. The number of sulfone groups is 1. The van der Waals surface area contributed by atoms with E-state index in [1.54, 1.807) is 0 Å². The second-order valence-corrected chi connectivity index (χ2v) is 8.87. The van der Waals surface area contributed by atoms with Crippen molar-refractivity contribution in [1.29, 1.82) is 0 Å². The summed E-state index contributed by atoms with van der Waals surface area (Å²) in [6.07, 6.45) is 0.954. The van der Waals surface area contributed by atoms with E-state index < -0.39 is 15.7 Å². The van der Waals surface area contributed by atoms with Crippen LogP contribution in [-0.4, -0.2) is 20.5 Å². The Hall–Kier alpha value is -2.51. The van der Waals surface area contributed by atoms with Crippen LogP contribution >= 0.6 is 15.9 Å². The largest absolute Gasteiger partial charge is 0.383 e. The van der Waals surface area contributed by atoms with Crippen LogP contribution in [0, 0.1) is 5.82 Å². The van der Waals surface area contributed by atoms with Crippen molar-refractivity contribution in [2.75, 3.05) is 6.26 Å². The number of rotatable bonds is 4. The van der Waals surface area contributed by atoms with Gasteiger partial charge in [0.15, 0.2) is 9.84 Å². The van der Waals surface area contributed by atoms with Crippen LogP contribution in [0.5, 0.6) is 0 Å². The molecule has 0 fully saturated rings. The van der Waals surface area contributed by atoms with Crippen LogP contribution in [0.15, 0.2) is 81.1 Å². The first-order valence-corrected chi connectivity index (χ1v) is 10.6. The van der Waals surface area contributed by atoms with Crippen molar-refractivity contribution in [3.05, 3.63) is 82.6 Å². The molecule has 27 heavy (non-hydrogen) atoms. The zero-order valence-corrected chi connectivity index (χ0v) is 16.8. The van der Waals surface area contributed by atoms with E-state index in [4.69, 9.17) is 5.73 Å². The van der Waals surface area contributed by atoms with E-state index >= 15 is 0 Å². The second-order valence-electron chi connectivity index (χ2n) is 5.97. The predicted octanol–water partition coefficient (Wildman–Crippen LogP) is 4.70. The number of benzene rings is 3. The van der Waals surface area contributed by atoms with E-state index in [-0.39, 0.29) is 16.4 Å². The first-order valence-electron chi connectivity index (χ1n) is 7.94. The van der Waals surface area contributed by atoms with Crippen molar-refractivity contribution in [2.24, 2.45) is 10.7 Å². The maximum absolute atomic E-state index is 14.0. The van der Waals surface area contributed by atoms with Gasteiger partial charge < -0.3 is 5.73 Å². The summed E-state index contributed by atoms with van der Waals surface area (Å²) >= 11 is 3.41. The third-order valence-corrected chi connectivity index (χ3v) is 5.58. The average Bonchev–Trinajstić information content (AvgIpc) is 2.61. The summed E-state index contributed by atoms with van der Waals surface area (Å²) in [6.45, 7) is 0. The minimum absolute atomic E-state index is 0.212. The van der Waals surface area contributed by atoms with E-state index in [0.29, 0.717) is 5.56 Å². The fourth-order valence-electron chi connectivity index (χ4n) is 2.54. The molecular formula is C20H16BrFN2O2S. The van der Waals surface area contributed by atoms with Gasteiger partial charge >= 0.3 is 0 Å². The Morgan fingerprint density at radius 2 is 1.52 bits per heavy atom. The Morgan fingerprint density at radius 3 is 2.04 bits per heavy atom. The molecule has 0 amide bonds. The summed E-state index contributed by atoms with van der Waals surface area (Å²) in [5.41, 5.74) is 9.04. The molecule has 2 N–H and O–H groups in total. The van der Waals surface area contributed by atoms with E-state index in [9.17, 15) is 12.8 Å². The van der Waals surface area contributed by atoms with E-state index in [1.165, 1.54) is 12.1 Å². The Bertz CT molecular complexity index is 1110. The van der Waals surface area contributed by atoms with Gasteiger partial charge in [0.05, 0.1) is 5.69 Å². The summed E-state index contributed by atoms with van der Waals surface area (Å²) in [4.78, 5) is 3.82. The summed E-state index contributed by atoms with van der Waals surface area (Å²) in [5, 5.41) is 0. The first kappa shape index (κ1) is 19.3. The van der Waals surface area contributed by atoms with Crippen LogP contribution in [0.25, 0.3) is 11.1 Å². The average molecular weight is 447 g/mol. The number of aliphatic imine (C=N–C) groups is 1. The van der Waals surface area contributed by atoms with Gasteiger partial charge in [0.25, 0.3) is 0 Å². The Balaban J connectivity index is 1.86. The van der Waals surface area contributed by atoms with Gasteiger partial charge in [-0.15, -0.1) is 0 Å². The standard InChI is InChI=1S/C20H16BrFN2O2S/c1-27(25,26)19-11-10-17(12-18(19)22)24-20(23)15-4-2-13(3-5-15)14-6-8-16(21)9-7-14/h2-12H,1H3,(H2,23,24). The second kappa shape index (κ2) is 7.62. The van der Waals surface area contributed by atoms with E-state index in [1.807, 2.05) is 48.5 Å². The van der Waals surface area contributed by atoms with Crippen LogP contribution in [0.2, 0.25) is 0 Å². The lowest BCUT2D eigenvalue weighted by molar-refractivity contribution is 0.571. The van der Waals surface area contributed by atoms with Gasteiger partial charge in [-0.05, 0) is 35.4 Å². The molecular weight excluding hydrogens is 431 g/mol. The van der Waals surface area contributed by atoms with Gasteiger partial charge in [0, 0.05) is 22.4 Å². The number of nitrogens with two attached hydrogens (primary N) is 1. The molecule has 7 heteroatoms. The highest BCUT2D eigenvalue weighted by molar-refractivity contribution is 9.10. The third-order valence-electron chi connectivity index (χ3n) is 3.92. The summed E-state index contributed by atoms with van der Waals surface area (Å²) in [5.74, 6) is -0.638. The molecule has 4 nitrogen and oxygen atoms in total. The molecule has 0 unspecified atom stereocenters. The van der Waals surface area contributed by atoms with Crippen molar-refractivity contribution in [3.8, 4) is 11.1 Å². The molecule has 0 aromatic heterocycles. The van der Waals surface area contributed by atoms with Gasteiger partial charge in [-0.2, -0.15) is 0 Å². The summed E-state index contributed by atoms with van der Waals surface area (Å²) in [6, 6.07) is 19.1. The lowest BCUT2D eigenvalue weighted by Gasteiger charge is -2.06. The van der Waals surface area contributed by atoms with Crippen LogP contribution in [0.4, 0.5) is 10.1 Å². The summed E-state index contributed by atoms with van der Waals surface area (Å²) in [7, 11) is -3.62. The molecule has 3 rings (SSSR count). The molecule has 0 heterocycles. The molecule has 3 aromatic carbocycles. The number of hydrogen-bond donors (Lipinski definition) is 1. The zero-order chi connectivity index (χ0) is 19.6. The smallest absolute Gasteiger partial charge is 0.178 e. The third kappa shape index (κ3) is 4.61. The molecule has 0 spiro atoms. The quantitative estimate of drug-likeness (QED) is 0.466. The van der Waals surface area contributed by atoms with Crippen molar-refractivity contribution < 1.29 is 12.8 Å². The molecule has 0 radical (unpaired) electrons. The Kier molecular flexibility index (Phi) is 5.43. The van der Waals surface area contributed by atoms with Crippen LogP contribution in [0.3, 0.4) is 0 Å². The van der Waals surface area contributed by atoms with Gasteiger partial charge in [-0.3, -0.25) is 0 Å². The molecule has 0 bridgehead atoms. The van der Waals surface area contributed by atoms with Crippen LogP contribution < -0.4 is 5.73 Å². The molecule has 0 aliphatic rings. The van der Waals surface area contributed by atoms with E-state index in [0.717, 1.165) is 27.9 Å². The lowest BCUT2D eigenvalue weighted by Crippen LogP contribution is -2.12. The van der Waals surface area contributed by atoms with Crippen molar-refractivity contribution in [3.63, 3.8) is 0 Å². The molecule has 3 aromatic rings. The topological polar surface area (TPSA) is 72.5 Å². The van der Waals surface area contributed by atoms with Crippen molar-refractivity contribution in [1.82, 2.24) is 0 Å². The maximum atomic E-state index is 14.0.